The van der Waals surface area contributed by atoms with Gasteiger partial charge in [0.2, 0.25) is 5.91 Å². The second-order valence-electron chi connectivity index (χ2n) is 9.47. The average molecular weight is 466 g/mol. The minimum atomic E-state index is -0.603. The first-order chi connectivity index (χ1) is 16.4. The maximum atomic E-state index is 13.3. The predicted octanol–water partition coefficient (Wildman–Crippen LogP) is 3.99. The highest BCUT2D eigenvalue weighted by Crippen LogP contribution is 2.33. The maximum Gasteiger partial charge on any atom is 0.318 e. The van der Waals surface area contributed by atoms with Crippen LogP contribution in [0.15, 0.2) is 36.4 Å². The van der Waals surface area contributed by atoms with E-state index in [9.17, 15) is 9.59 Å². The number of carbonyl (C=O) groups is 2. The van der Waals surface area contributed by atoms with Gasteiger partial charge in [0.1, 0.15) is 6.04 Å². The van der Waals surface area contributed by atoms with Gasteiger partial charge in [-0.3, -0.25) is 4.79 Å². The molecule has 3 amide bonds. The van der Waals surface area contributed by atoms with E-state index in [2.05, 4.69) is 22.8 Å². The molecule has 7 nitrogen and oxygen atoms in total. The lowest BCUT2D eigenvalue weighted by molar-refractivity contribution is -0.124. The Balaban J connectivity index is 1.43. The molecule has 0 bridgehead atoms. The zero-order chi connectivity index (χ0) is 24.2. The molecule has 0 fully saturated rings. The van der Waals surface area contributed by atoms with Gasteiger partial charge in [0.05, 0.1) is 20.3 Å². The highest BCUT2D eigenvalue weighted by Gasteiger charge is 2.31. The first-order valence-electron chi connectivity index (χ1n) is 12.1. The average Bonchev–Trinajstić information content (AvgIpc) is 2.85. The molecule has 1 unspecified atom stereocenters. The van der Waals surface area contributed by atoms with E-state index in [0.29, 0.717) is 24.6 Å². The number of aryl methyl sites for hydroxylation is 1. The van der Waals surface area contributed by atoms with E-state index in [1.54, 1.807) is 19.1 Å². The summed E-state index contributed by atoms with van der Waals surface area (Å²) >= 11 is 0. The Labute approximate surface area is 201 Å². The van der Waals surface area contributed by atoms with E-state index in [1.807, 2.05) is 38.1 Å². The molecule has 0 spiro atoms. The molecule has 2 atom stereocenters. The van der Waals surface area contributed by atoms with Crippen molar-refractivity contribution in [3.8, 4) is 11.5 Å². The number of ether oxygens (including phenoxy) is 2. The standard InChI is InChI=1S/C27H35N3O4/c1-17(2)25(26(31)28-22-11-7-9-18-8-5-6-10-21(18)22)29-27(32)30-13-12-19-14-23(33-3)24(34-4)15-20(19)16-30/h5-6,8,10,14-15,17,22,25H,7,9,11-13,16H2,1-4H3,(H,28,31)(H,29,32)/t22?,25-/m1/s1. The summed E-state index contributed by atoms with van der Waals surface area (Å²) in [5, 5.41) is 6.21. The molecule has 2 aliphatic rings. The smallest absolute Gasteiger partial charge is 0.318 e. The van der Waals surface area contributed by atoms with E-state index < -0.39 is 6.04 Å². The molecule has 0 aromatic heterocycles. The number of carbonyl (C=O) groups excluding carboxylic acids is 2. The number of methoxy groups -OCH3 is 2. The zero-order valence-corrected chi connectivity index (χ0v) is 20.5. The molecule has 0 radical (unpaired) electrons. The van der Waals surface area contributed by atoms with Crippen molar-refractivity contribution in [3.63, 3.8) is 0 Å². The number of urea groups is 1. The number of amides is 3. The molecule has 0 saturated carbocycles. The molecule has 0 saturated heterocycles. The Morgan fingerprint density at radius 2 is 1.71 bits per heavy atom. The lowest BCUT2D eigenvalue weighted by atomic mass is 9.87. The SMILES string of the molecule is COc1cc2c(cc1OC)CN(C(=O)N[C@@H](C(=O)NC1CCCc3ccccc31)C(C)C)CC2. The summed E-state index contributed by atoms with van der Waals surface area (Å²) < 4.78 is 10.8. The van der Waals surface area contributed by atoms with Crippen LogP contribution in [0.5, 0.6) is 11.5 Å². The Morgan fingerprint density at radius 3 is 2.41 bits per heavy atom. The molecule has 2 aromatic carbocycles. The van der Waals surface area contributed by atoms with E-state index in [-0.39, 0.29) is 23.9 Å². The van der Waals surface area contributed by atoms with Gasteiger partial charge in [-0.05, 0) is 66.0 Å². The normalized spacial score (nSPS) is 17.9. The molecule has 2 N–H and O–H groups in total. The zero-order valence-electron chi connectivity index (χ0n) is 20.5. The number of hydrogen-bond donors (Lipinski definition) is 2. The Bertz CT molecular complexity index is 1050. The van der Waals surface area contributed by atoms with Crippen molar-refractivity contribution in [2.75, 3.05) is 20.8 Å². The molecule has 4 rings (SSSR count). The van der Waals surface area contributed by atoms with Crippen LogP contribution in [0.2, 0.25) is 0 Å². The van der Waals surface area contributed by atoms with Gasteiger partial charge in [-0.1, -0.05) is 38.1 Å². The summed E-state index contributed by atoms with van der Waals surface area (Å²) in [7, 11) is 3.23. The summed E-state index contributed by atoms with van der Waals surface area (Å²) in [4.78, 5) is 28.2. The molecular formula is C27H35N3O4. The second kappa shape index (κ2) is 10.4. The molecule has 1 aliphatic carbocycles. The fourth-order valence-corrected chi connectivity index (χ4v) is 4.98. The van der Waals surface area contributed by atoms with Gasteiger partial charge in [0, 0.05) is 13.1 Å². The van der Waals surface area contributed by atoms with Crippen LogP contribution in [0.3, 0.4) is 0 Å². The van der Waals surface area contributed by atoms with Crippen molar-refractivity contribution < 1.29 is 19.1 Å². The van der Waals surface area contributed by atoms with Crippen LogP contribution in [0.25, 0.3) is 0 Å². The molecule has 7 heteroatoms. The van der Waals surface area contributed by atoms with E-state index in [4.69, 9.17) is 9.47 Å². The van der Waals surface area contributed by atoms with Crippen LogP contribution in [0, 0.1) is 5.92 Å². The fourth-order valence-electron chi connectivity index (χ4n) is 4.98. The molecule has 1 aliphatic heterocycles. The third-order valence-corrected chi connectivity index (χ3v) is 6.92. The van der Waals surface area contributed by atoms with Gasteiger partial charge in [-0.25, -0.2) is 4.79 Å². The van der Waals surface area contributed by atoms with Gasteiger partial charge < -0.3 is 25.0 Å². The third kappa shape index (κ3) is 4.98. The number of rotatable bonds is 6. The summed E-state index contributed by atoms with van der Waals surface area (Å²) in [6, 6.07) is 11.4. The first-order valence-corrected chi connectivity index (χ1v) is 12.1. The topological polar surface area (TPSA) is 79.9 Å². The van der Waals surface area contributed by atoms with E-state index in [1.165, 1.54) is 11.1 Å². The fraction of sp³-hybridized carbons (Fsp3) is 0.481. The molecule has 1 heterocycles. The number of nitrogens with one attached hydrogen (secondary N) is 2. The number of benzene rings is 2. The van der Waals surface area contributed by atoms with Gasteiger partial charge in [0.15, 0.2) is 11.5 Å². The molecular weight excluding hydrogens is 430 g/mol. The van der Waals surface area contributed by atoms with Crippen molar-refractivity contribution in [3.05, 3.63) is 58.7 Å². The van der Waals surface area contributed by atoms with Crippen LogP contribution in [-0.4, -0.2) is 43.6 Å². The molecule has 182 valence electrons. The minimum Gasteiger partial charge on any atom is -0.493 e. The van der Waals surface area contributed by atoms with Gasteiger partial charge in [0.25, 0.3) is 0 Å². The van der Waals surface area contributed by atoms with E-state index >= 15 is 0 Å². The van der Waals surface area contributed by atoms with Crippen molar-refractivity contribution in [2.45, 2.75) is 58.2 Å². The first kappa shape index (κ1) is 23.9. The van der Waals surface area contributed by atoms with Gasteiger partial charge >= 0.3 is 6.03 Å². The Kier molecular flexibility index (Phi) is 7.29. The van der Waals surface area contributed by atoms with Crippen molar-refractivity contribution >= 4 is 11.9 Å². The van der Waals surface area contributed by atoms with Crippen molar-refractivity contribution in [1.29, 1.82) is 0 Å². The second-order valence-corrected chi connectivity index (χ2v) is 9.47. The van der Waals surface area contributed by atoms with Crippen LogP contribution in [0.1, 0.15) is 55.0 Å². The molecule has 2 aromatic rings. The van der Waals surface area contributed by atoms with Crippen molar-refractivity contribution in [2.24, 2.45) is 5.92 Å². The Morgan fingerprint density at radius 1 is 1.00 bits per heavy atom. The third-order valence-electron chi connectivity index (χ3n) is 6.92. The largest absolute Gasteiger partial charge is 0.493 e. The van der Waals surface area contributed by atoms with Crippen LogP contribution in [-0.2, 0) is 24.2 Å². The Hall–Kier alpha value is -3.22. The van der Waals surface area contributed by atoms with Gasteiger partial charge in [-0.2, -0.15) is 0 Å². The summed E-state index contributed by atoms with van der Waals surface area (Å²) in [6.07, 6.45) is 3.72. The maximum absolute atomic E-state index is 13.3. The number of fused-ring (bicyclic) bond motifs is 2. The lowest BCUT2D eigenvalue weighted by Gasteiger charge is -2.33. The quantitative estimate of drug-likeness (QED) is 0.676. The van der Waals surface area contributed by atoms with Crippen LogP contribution < -0.4 is 20.1 Å². The highest BCUT2D eigenvalue weighted by atomic mass is 16.5. The van der Waals surface area contributed by atoms with Gasteiger partial charge in [-0.15, -0.1) is 0 Å². The van der Waals surface area contributed by atoms with Crippen LogP contribution in [0.4, 0.5) is 4.79 Å². The summed E-state index contributed by atoms with van der Waals surface area (Å²) in [5.41, 5.74) is 4.66. The predicted molar refractivity (Wildman–Crippen MR) is 131 cm³/mol. The summed E-state index contributed by atoms with van der Waals surface area (Å²) in [5.74, 6) is 1.17. The highest BCUT2D eigenvalue weighted by molar-refractivity contribution is 5.87. The molecule has 34 heavy (non-hydrogen) atoms. The van der Waals surface area contributed by atoms with E-state index in [0.717, 1.165) is 36.8 Å². The van der Waals surface area contributed by atoms with Crippen LogP contribution >= 0.6 is 0 Å². The van der Waals surface area contributed by atoms with Crippen molar-refractivity contribution in [1.82, 2.24) is 15.5 Å². The lowest BCUT2D eigenvalue weighted by Crippen LogP contribution is -2.54. The number of nitrogens with zero attached hydrogens (tertiary/aromatic N) is 1. The number of hydrogen-bond acceptors (Lipinski definition) is 4. The minimum absolute atomic E-state index is 0.0140. The summed E-state index contributed by atoms with van der Waals surface area (Å²) in [6.45, 7) is 4.96. The monoisotopic (exact) mass is 465 g/mol.